The highest BCUT2D eigenvalue weighted by atomic mass is 35.5. The van der Waals surface area contributed by atoms with Crippen molar-refractivity contribution in [3.05, 3.63) is 29.3 Å². The molecule has 0 radical (unpaired) electrons. The maximum atomic E-state index is 5.96. The largest absolute Gasteiger partial charge is 0.313 e. The molecule has 1 N–H and O–H groups in total. The van der Waals surface area contributed by atoms with Crippen molar-refractivity contribution < 1.29 is 0 Å². The molecule has 0 aromatic heterocycles. The molecule has 1 aromatic carbocycles. The highest BCUT2D eigenvalue weighted by Crippen LogP contribution is 2.27. The lowest BCUT2D eigenvalue weighted by molar-refractivity contribution is 0.266. The van der Waals surface area contributed by atoms with E-state index in [4.69, 9.17) is 11.6 Å². The molecular formula is C11H15ClN2S. The number of rotatable bonds is 2. The minimum absolute atomic E-state index is 0.511. The van der Waals surface area contributed by atoms with Gasteiger partial charge in [-0.25, -0.2) is 0 Å². The molecule has 1 heterocycles. The predicted molar refractivity (Wildman–Crippen MR) is 66.6 cm³/mol. The van der Waals surface area contributed by atoms with Crippen molar-refractivity contribution in [1.29, 1.82) is 0 Å². The summed E-state index contributed by atoms with van der Waals surface area (Å²) in [7, 11) is 2.17. The average Bonchev–Trinajstić information content (AvgIpc) is 2.22. The van der Waals surface area contributed by atoms with E-state index in [9.17, 15) is 0 Å². The predicted octanol–water partition coefficient (Wildman–Crippen LogP) is 2.29. The number of hydrogen-bond acceptors (Lipinski definition) is 3. The number of nitrogens with one attached hydrogen (secondary N) is 1. The van der Waals surface area contributed by atoms with E-state index in [1.54, 1.807) is 0 Å². The van der Waals surface area contributed by atoms with Crippen molar-refractivity contribution in [1.82, 2.24) is 10.2 Å². The number of nitrogens with zero attached hydrogens (tertiary/aromatic N) is 1. The molecule has 0 aliphatic carbocycles. The lowest BCUT2D eigenvalue weighted by Crippen LogP contribution is -2.47. The molecule has 1 saturated heterocycles. The maximum Gasteiger partial charge on any atom is 0.0728 e. The normalized spacial score (nSPS) is 22.9. The Balaban J connectivity index is 2.01. The van der Waals surface area contributed by atoms with Gasteiger partial charge in [0.15, 0.2) is 0 Å². The fourth-order valence-corrected chi connectivity index (χ4v) is 3.02. The van der Waals surface area contributed by atoms with Crippen LogP contribution in [0.3, 0.4) is 0 Å². The van der Waals surface area contributed by atoms with Crippen molar-refractivity contribution in [2.45, 2.75) is 10.3 Å². The van der Waals surface area contributed by atoms with Crippen LogP contribution >= 0.6 is 23.4 Å². The van der Waals surface area contributed by atoms with Crippen LogP contribution in [-0.4, -0.2) is 37.0 Å². The van der Waals surface area contributed by atoms with Crippen LogP contribution in [0.15, 0.2) is 29.2 Å². The van der Waals surface area contributed by atoms with E-state index in [0.717, 1.165) is 24.7 Å². The Morgan fingerprint density at radius 1 is 1.53 bits per heavy atom. The molecule has 1 aliphatic rings. The number of piperazine rings is 1. The average molecular weight is 243 g/mol. The highest BCUT2D eigenvalue weighted by Gasteiger charge is 2.19. The molecule has 82 valence electrons. The quantitative estimate of drug-likeness (QED) is 0.857. The Labute approximate surface area is 100.0 Å². The lowest BCUT2D eigenvalue weighted by Gasteiger charge is -2.32. The van der Waals surface area contributed by atoms with Gasteiger partial charge < -0.3 is 5.32 Å². The maximum absolute atomic E-state index is 5.96. The van der Waals surface area contributed by atoms with E-state index in [2.05, 4.69) is 23.3 Å². The first-order chi connectivity index (χ1) is 7.25. The number of benzene rings is 1. The molecule has 0 bridgehead atoms. The second-order valence-electron chi connectivity index (χ2n) is 3.71. The van der Waals surface area contributed by atoms with Crippen molar-refractivity contribution in [3.63, 3.8) is 0 Å². The van der Waals surface area contributed by atoms with Crippen LogP contribution in [0.5, 0.6) is 0 Å². The molecule has 0 amide bonds. The molecule has 2 nitrogen and oxygen atoms in total. The minimum Gasteiger partial charge on any atom is -0.313 e. The number of halogens is 1. The third kappa shape index (κ3) is 3.11. The first kappa shape index (κ1) is 11.3. The minimum atomic E-state index is 0.511. The summed E-state index contributed by atoms with van der Waals surface area (Å²) < 4.78 is 0. The topological polar surface area (TPSA) is 15.3 Å². The first-order valence-electron chi connectivity index (χ1n) is 5.09. The Morgan fingerprint density at radius 3 is 3.13 bits per heavy atom. The van der Waals surface area contributed by atoms with Gasteiger partial charge in [-0.15, -0.1) is 11.8 Å². The van der Waals surface area contributed by atoms with Crippen LogP contribution in [0.25, 0.3) is 0 Å². The van der Waals surface area contributed by atoms with Gasteiger partial charge in [0.1, 0.15) is 0 Å². The summed E-state index contributed by atoms with van der Waals surface area (Å²) in [5, 5.41) is 4.73. The number of likely N-dealkylation sites (N-methyl/N-ethyl adjacent to an activating group) is 1. The SMILES string of the molecule is CN1CCNCC1Sc1cccc(Cl)c1. The van der Waals surface area contributed by atoms with Gasteiger partial charge in [0.2, 0.25) is 0 Å². The zero-order chi connectivity index (χ0) is 10.7. The molecular weight excluding hydrogens is 228 g/mol. The Bertz CT molecular complexity index is 332. The van der Waals surface area contributed by atoms with Crippen LogP contribution in [0.2, 0.25) is 5.02 Å². The van der Waals surface area contributed by atoms with Gasteiger partial charge in [-0.05, 0) is 25.2 Å². The van der Waals surface area contributed by atoms with Crippen LogP contribution < -0.4 is 5.32 Å². The van der Waals surface area contributed by atoms with Gasteiger partial charge in [-0.3, -0.25) is 4.90 Å². The van der Waals surface area contributed by atoms with Crippen molar-refractivity contribution in [2.75, 3.05) is 26.7 Å². The van der Waals surface area contributed by atoms with Gasteiger partial charge in [0.25, 0.3) is 0 Å². The molecule has 4 heteroatoms. The Morgan fingerprint density at radius 2 is 2.40 bits per heavy atom. The van der Waals surface area contributed by atoms with Crippen molar-refractivity contribution in [2.24, 2.45) is 0 Å². The van der Waals surface area contributed by atoms with E-state index >= 15 is 0 Å². The Hall–Kier alpha value is -0.220. The molecule has 0 spiro atoms. The standard InChI is InChI=1S/C11H15ClN2S/c1-14-6-5-13-8-11(14)15-10-4-2-3-9(12)7-10/h2-4,7,11,13H,5-6,8H2,1H3. The van der Waals surface area contributed by atoms with Gasteiger partial charge in [-0.2, -0.15) is 0 Å². The summed E-state index contributed by atoms with van der Waals surface area (Å²) in [5.74, 6) is 0. The van der Waals surface area contributed by atoms with Crippen LogP contribution in [-0.2, 0) is 0 Å². The van der Waals surface area contributed by atoms with Crippen LogP contribution in [0, 0.1) is 0 Å². The molecule has 1 aromatic rings. The van der Waals surface area contributed by atoms with Gasteiger partial charge in [0.05, 0.1) is 5.37 Å². The van der Waals surface area contributed by atoms with Gasteiger partial charge >= 0.3 is 0 Å². The van der Waals surface area contributed by atoms with E-state index in [1.165, 1.54) is 4.90 Å². The summed E-state index contributed by atoms with van der Waals surface area (Å²) in [6, 6.07) is 8.04. The second-order valence-corrected chi connectivity index (χ2v) is 5.40. The summed E-state index contributed by atoms with van der Waals surface area (Å²) in [4.78, 5) is 3.62. The summed E-state index contributed by atoms with van der Waals surface area (Å²) in [5.41, 5.74) is 0. The zero-order valence-corrected chi connectivity index (χ0v) is 10.3. The third-order valence-electron chi connectivity index (χ3n) is 2.52. The molecule has 1 unspecified atom stereocenters. The molecule has 0 saturated carbocycles. The molecule has 15 heavy (non-hydrogen) atoms. The van der Waals surface area contributed by atoms with Gasteiger partial charge in [-0.1, -0.05) is 17.7 Å². The second kappa shape index (κ2) is 5.21. The summed E-state index contributed by atoms with van der Waals surface area (Å²) >= 11 is 7.82. The number of hydrogen-bond donors (Lipinski definition) is 1. The Kier molecular flexibility index (Phi) is 3.92. The third-order valence-corrected chi connectivity index (χ3v) is 4.08. The summed E-state index contributed by atoms with van der Waals surface area (Å²) in [6.45, 7) is 3.23. The molecule has 1 aliphatic heterocycles. The molecule has 1 fully saturated rings. The van der Waals surface area contributed by atoms with Crippen molar-refractivity contribution in [3.8, 4) is 0 Å². The van der Waals surface area contributed by atoms with Crippen molar-refractivity contribution >= 4 is 23.4 Å². The van der Waals surface area contributed by atoms with E-state index in [0.29, 0.717) is 5.37 Å². The van der Waals surface area contributed by atoms with Gasteiger partial charge in [0, 0.05) is 29.6 Å². The monoisotopic (exact) mass is 242 g/mol. The number of thioether (sulfide) groups is 1. The van der Waals surface area contributed by atoms with E-state index in [-0.39, 0.29) is 0 Å². The van der Waals surface area contributed by atoms with Crippen LogP contribution in [0.1, 0.15) is 0 Å². The van der Waals surface area contributed by atoms with E-state index < -0.39 is 0 Å². The van der Waals surface area contributed by atoms with Crippen LogP contribution in [0.4, 0.5) is 0 Å². The van der Waals surface area contributed by atoms with E-state index in [1.807, 2.05) is 30.0 Å². The molecule has 2 rings (SSSR count). The fraction of sp³-hybridized carbons (Fsp3) is 0.455. The molecule has 1 atom stereocenters. The zero-order valence-electron chi connectivity index (χ0n) is 8.74. The summed E-state index contributed by atoms with van der Waals surface area (Å²) in [6.07, 6.45) is 0. The smallest absolute Gasteiger partial charge is 0.0728 e. The first-order valence-corrected chi connectivity index (χ1v) is 6.34. The fourth-order valence-electron chi connectivity index (χ4n) is 1.61. The lowest BCUT2D eigenvalue weighted by atomic mass is 10.4. The highest BCUT2D eigenvalue weighted by molar-refractivity contribution is 8.00.